The van der Waals surface area contributed by atoms with E-state index >= 15 is 0 Å². The van der Waals surface area contributed by atoms with Crippen molar-refractivity contribution in [1.29, 1.82) is 0 Å². The summed E-state index contributed by atoms with van der Waals surface area (Å²) in [6.07, 6.45) is 3.55. The third kappa shape index (κ3) is 2.86. The molecule has 8 heteroatoms. The molecule has 8 nitrogen and oxygen atoms in total. The Morgan fingerprint density at radius 3 is 2.78 bits per heavy atom. The van der Waals surface area contributed by atoms with Crippen molar-refractivity contribution in [2.24, 2.45) is 7.05 Å². The summed E-state index contributed by atoms with van der Waals surface area (Å²) in [5.74, 6) is -0.0408. The van der Waals surface area contributed by atoms with Crippen LogP contribution in [0.2, 0.25) is 0 Å². The van der Waals surface area contributed by atoms with E-state index in [-0.39, 0.29) is 11.9 Å². The topological polar surface area (TPSA) is 72.1 Å². The molecule has 3 heterocycles. The van der Waals surface area contributed by atoms with Gasteiger partial charge in [0.1, 0.15) is 5.69 Å². The molecule has 2 aromatic rings. The first-order valence-corrected chi connectivity index (χ1v) is 7.96. The number of hydrogen-bond donors (Lipinski definition) is 0. The maximum atomic E-state index is 12.8. The van der Waals surface area contributed by atoms with Gasteiger partial charge in [-0.3, -0.25) is 14.4 Å². The molecule has 0 radical (unpaired) electrons. The first kappa shape index (κ1) is 15.7. The minimum absolute atomic E-state index is 0.0408. The van der Waals surface area contributed by atoms with Crippen LogP contribution >= 0.6 is 0 Å². The van der Waals surface area contributed by atoms with Crippen LogP contribution in [0.3, 0.4) is 0 Å². The molecule has 0 N–H and O–H groups in total. The number of likely N-dealkylation sites (N-methyl/N-ethyl adjacent to an activating group) is 1. The molecule has 0 aliphatic carbocycles. The Kier molecular flexibility index (Phi) is 4.16. The van der Waals surface area contributed by atoms with Gasteiger partial charge in [0.25, 0.3) is 5.91 Å². The molecule has 1 saturated heterocycles. The number of aromatic nitrogens is 5. The van der Waals surface area contributed by atoms with Gasteiger partial charge in [0.05, 0.1) is 18.1 Å². The van der Waals surface area contributed by atoms with Crippen LogP contribution in [-0.4, -0.2) is 72.7 Å². The molecule has 1 atom stereocenters. The Balaban J connectivity index is 1.82. The fraction of sp³-hybridized carbons (Fsp3) is 0.600. The van der Waals surface area contributed by atoms with Gasteiger partial charge in [0, 0.05) is 32.7 Å². The zero-order valence-electron chi connectivity index (χ0n) is 14.1. The molecule has 1 amide bonds. The average Bonchev–Trinajstić information content (AvgIpc) is 3.12. The van der Waals surface area contributed by atoms with E-state index in [1.807, 2.05) is 25.1 Å². The van der Waals surface area contributed by atoms with Gasteiger partial charge in [-0.05, 0) is 20.4 Å². The Hall–Kier alpha value is -2.22. The summed E-state index contributed by atoms with van der Waals surface area (Å²) in [5.41, 5.74) is 1.97. The minimum Gasteiger partial charge on any atom is -0.332 e. The summed E-state index contributed by atoms with van der Waals surface area (Å²) in [5, 5.41) is 12.4. The Bertz CT molecular complexity index is 704. The van der Waals surface area contributed by atoms with Crippen molar-refractivity contribution >= 4 is 5.91 Å². The van der Waals surface area contributed by atoms with Gasteiger partial charge in [-0.25, -0.2) is 4.68 Å². The molecule has 124 valence electrons. The number of amides is 1. The van der Waals surface area contributed by atoms with Crippen molar-refractivity contribution in [2.75, 3.05) is 26.2 Å². The van der Waals surface area contributed by atoms with Crippen molar-refractivity contribution in [2.45, 2.75) is 26.8 Å². The highest BCUT2D eigenvalue weighted by atomic mass is 16.2. The second kappa shape index (κ2) is 6.11. The van der Waals surface area contributed by atoms with Crippen molar-refractivity contribution in [3.8, 4) is 5.69 Å². The highest BCUT2D eigenvalue weighted by Gasteiger charge is 2.30. The van der Waals surface area contributed by atoms with Gasteiger partial charge >= 0.3 is 0 Å². The Morgan fingerprint density at radius 2 is 2.17 bits per heavy atom. The molecule has 0 aromatic carbocycles. The van der Waals surface area contributed by atoms with Gasteiger partial charge < -0.3 is 4.90 Å². The van der Waals surface area contributed by atoms with Crippen molar-refractivity contribution < 1.29 is 4.79 Å². The van der Waals surface area contributed by atoms with E-state index in [1.54, 1.807) is 15.6 Å². The number of piperazine rings is 1. The molecule has 0 bridgehead atoms. The molecule has 1 aliphatic rings. The van der Waals surface area contributed by atoms with Gasteiger partial charge in [-0.2, -0.15) is 5.10 Å². The van der Waals surface area contributed by atoms with E-state index in [4.69, 9.17) is 0 Å². The number of hydrogen-bond acceptors (Lipinski definition) is 5. The summed E-state index contributed by atoms with van der Waals surface area (Å²) >= 11 is 0. The van der Waals surface area contributed by atoms with E-state index in [2.05, 4.69) is 34.2 Å². The average molecular weight is 317 g/mol. The van der Waals surface area contributed by atoms with Gasteiger partial charge in [0.15, 0.2) is 5.69 Å². The van der Waals surface area contributed by atoms with Crippen LogP contribution in [0.5, 0.6) is 0 Å². The summed E-state index contributed by atoms with van der Waals surface area (Å²) in [6, 6.07) is 0.180. The number of carbonyl (C=O) groups is 1. The van der Waals surface area contributed by atoms with Gasteiger partial charge in [-0.15, -0.1) is 5.10 Å². The molecular weight excluding hydrogens is 294 g/mol. The summed E-state index contributed by atoms with van der Waals surface area (Å²) < 4.78 is 3.36. The van der Waals surface area contributed by atoms with E-state index in [1.165, 1.54) is 0 Å². The monoisotopic (exact) mass is 317 g/mol. The largest absolute Gasteiger partial charge is 0.332 e. The number of rotatable bonds is 3. The van der Waals surface area contributed by atoms with Crippen LogP contribution in [0, 0.1) is 6.92 Å². The molecule has 3 rings (SSSR count). The van der Waals surface area contributed by atoms with Gasteiger partial charge in [-0.1, -0.05) is 12.1 Å². The highest BCUT2D eigenvalue weighted by Crippen LogP contribution is 2.17. The number of carbonyl (C=O) groups excluding carboxylic acids is 1. The second-order valence-corrected chi connectivity index (χ2v) is 6.05. The molecular formula is C15H23N7O. The van der Waals surface area contributed by atoms with Gasteiger partial charge in [0.2, 0.25) is 0 Å². The summed E-state index contributed by atoms with van der Waals surface area (Å²) in [7, 11) is 1.84. The van der Waals surface area contributed by atoms with Crippen molar-refractivity contribution in [1.82, 2.24) is 34.6 Å². The van der Waals surface area contributed by atoms with Crippen LogP contribution in [0.4, 0.5) is 0 Å². The van der Waals surface area contributed by atoms with E-state index in [0.717, 1.165) is 37.6 Å². The zero-order chi connectivity index (χ0) is 16.6. The zero-order valence-corrected chi connectivity index (χ0v) is 14.1. The predicted molar refractivity (Wildman–Crippen MR) is 85.5 cm³/mol. The predicted octanol–water partition coefficient (Wildman–Crippen LogP) is 0.475. The van der Waals surface area contributed by atoms with Crippen molar-refractivity contribution in [3.63, 3.8) is 0 Å². The summed E-state index contributed by atoms with van der Waals surface area (Å²) in [4.78, 5) is 17.1. The lowest BCUT2D eigenvalue weighted by atomic mass is 10.1. The van der Waals surface area contributed by atoms with E-state index < -0.39 is 0 Å². The maximum absolute atomic E-state index is 12.8. The van der Waals surface area contributed by atoms with E-state index in [0.29, 0.717) is 5.69 Å². The lowest BCUT2D eigenvalue weighted by Gasteiger charge is -2.39. The Labute approximate surface area is 135 Å². The molecule has 23 heavy (non-hydrogen) atoms. The quantitative estimate of drug-likeness (QED) is 0.823. The normalized spacial score (nSPS) is 19.3. The smallest absolute Gasteiger partial charge is 0.276 e. The maximum Gasteiger partial charge on any atom is 0.276 e. The third-order valence-corrected chi connectivity index (χ3v) is 4.45. The molecule has 1 aliphatic heterocycles. The van der Waals surface area contributed by atoms with Crippen LogP contribution in [-0.2, 0) is 7.05 Å². The minimum atomic E-state index is -0.0408. The van der Waals surface area contributed by atoms with E-state index in [9.17, 15) is 4.79 Å². The van der Waals surface area contributed by atoms with Crippen LogP contribution < -0.4 is 0 Å². The lowest BCUT2D eigenvalue weighted by Crippen LogP contribution is -2.54. The highest BCUT2D eigenvalue weighted by molar-refractivity contribution is 5.93. The Morgan fingerprint density at radius 1 is 1.39 bits per heavy atom. The van der Waals surface area contributed by atoms with Crippen LogP contribution in [0.25, 0.3) is 5.69 Å². The second-order valence-electron chi connectivity index (χ2n) is 6.05. The lowest BCUT2D eigenvalue weighted by molar-refractivity contribution is 0.0493. The summed E-state index contributed by atoms with van der Waals surface area (Å²) in [6.45, 7) is 9.65. The molecule has 0 saturated carbocycles. The number of aryl methyl sites for hydroxylation is 1. The number of nitrogens with zero attached hydrogens (tertiary/aromatic N) is 7. The van der Waals surface area contributed by atoms with Crippen LogP contribution in [0.1, 0.15) is 30.0 Å². The third-order valence-electron chi connectivity index (χ3n) is 4.45. The fourth-order valence-corrected chi connectivity index (χ4v) is 3.05. The fourth-order valence-electron chi connectivity index (χ4n) is 3.05. The SMILES string of the molecule is CCN1CCN(C(=O)c2nnn(-c3cnn(C)c3)c2C)C(C)C1. The first-order valence-electron chi connectivity index (χ1n) is 7.96. The molecule has 1 fully saturated rings. The molecule has 1 unspecified atom stereocenters. The first-order chi connectivity index (χ1) is 11.0. The molecule has 0 spiro atoms. The van der Waals surface area contributed by atoms with Crippen LogP contribution in [0.15, 0.2) is 12.4 Å². The standard InChI is InChI=1S/C15H23N7O/c1-5-20-6-7-21(11(2)9-20)15(23)14-12(3)22(18-17-14)13-8-16-19(4)10-13/h8,10-11H,5-7,9H2,1-4H3. The molecule has 2 aromatic heterocycles. The van der Waals surface area contributed by atoms with Crippen molar-refractivity contribution in [3.05, 3.63) is 23.8 Å².